The predicted octanol–water partition coefficient (Wildman–Crippen LogP) is 5.42. The average molecular weight is 350 g/mol. The van der Waals surface area contributed by atoms with Crippen LogP contribution in [0.25, 0.3) is 10.9 Å². The standard InChI is InChI=1S/C22H20F2N2/c1-21(2)18-14(9-7-10-16(18)23)19(26-22(21,3)4)15-12-13-8-5-6-11-17(13)25-20(15)24/h5-12H,1-4H3. The SMILES string of the molecule is CC1(C)N=C(c2cc3ccccc3nc2F)c2cccc(F)c2C1(C)C. The highest BCUT2D eigenvalue weighted by molar-refractivity contribution is 6.16. The van der Waals surface area contributed by atoms with Crippen LogP contribution < -0.4 is 0 Å². The van der Waals surface area contributed by atoms with Gasteiger partial charge in [-0.1, -0.05) is 44.2 Å². The van der Waals surface area contributed by atoms with E-state index >= 15 is 0 Å². The van der Waals surface area contributed by atoms with Crippen LogP contribution in [0.15, 0.2) is 53.5 Å². The van der Waals surface area contributed by atoms with Crippen LogP contribution in [0, 0.1) is 11.8 Å². The Morgan fingerprint density at radius 3 is 2.35 bits per heavy atom. The lowest BCUT2D eigenvalue weighted by molar-refractivity contribution is 0.293. The molecule has 0 radical (unpaired) electrons. The number of nitrogens with zero attached hydrogens (tertiary/aromatic N) is 2. The molecule has 132 valence electrons. The van der Waals surface area contributed by atoms with Gasteiger partial charge in [-0.15, -0.1) is 0 Å². The second-order valence-electron chi connectivity index (χ2n) is 7.83. The summed E-state index contributed by atoms with van der Waals surface area (Å²) in [6.45, 7) is 7.86. The summed E-state index contributed by atoms with van der Waals surface area (Å²) in [4.78, 5) is 8.95. The van der Waals surface area contributed by atoms with Gasteiger partial charge in [0.25, 0.3) is 0 Å². The van der Waals surface area contributed by atoms with Gasteiger partial charge in [0, 0.05) is 21.9 Å². The Hall–Kier alpha value is -2.62. The maximum absolute atomic E-state index is 14.9. The van der Waals surface area contributed by atoms with Crippen molar-refractivity contribution in [1.82, 2.24) is 4.98 Å². The number of hydrogen-bond acceptors (Lipinski definition) is 2. The van der Waals surface area contributed by atoms with E-state index in [9.17, 15) is 8.78 Å². The molecule has 0 amide bonds. The van der Waals surface area contributed by atoms with E-state index in [2.05, 4.69) is 4.98 Å². The summed E-state index contributed by atoms with van der Waals surface area (Å²) in [7, 11) is 0. The Labute approximate surface area is 151 Å². The van der Waals surface area contributed by atoms with Crippen LogP contribution in [-0.2, 0) is 5.41 Å². The number of fused-ring (bicyclic) bond motifs is 2. The number of halogens is 2. The predicted molar refractivity (Wildman–Crippen MR) is 101 cm³/mol. The first kappa shape index (κ1) is 16.8. The van der Waals surface area contributed by atoms with E-state index in [0.29, 0.717) is 27.9 Å². The van der Waals surface area contributed by atoms with Crippen LogP contribution in [0.1, 0.15) is 44.4 Å². The molecular weight excluding hydrogens is 330 g/mol. The van der Waals surface area contributed by atoms with E-state index in [1.165, 1.54) is 6.07 Å². The van der Waals surface area contributed by atoms with Gasteiger partial charge in [0.1, 0.15) is 5.82 Å². The number of para-hydroxylation sites is 1. The highest BCUT2D eigenvalue weighted by atomic mass is 19.1. The molecular formula is C22H20F2N2. The molecule has 0 N–H and O–H groups in total. The van der Waals surface area contributed by atoms with Crippen LogP contribution in [0.4, 0.5) is 8.78 Å². The van der Waals surface area contributed by atoms with E-state index in [0.717, 1.165) is 5.39 Å². The molecule has 0 aliphatic carbocycles. The molecule has 1 aliphatic rings. The molecule has 3 aromatic rings. The zero-order chi connectivity index (χ0) is 18.7. The summed E-state index contributed by atoms with van der Waals surface area (Å²) < 4.78 is 29.6. The Balaban J connectivity index is 2.05. The van der Waals surface area contributed by atoms with Crippen molar-refractivity contribution in [2.75, 3.05) is 0 Å². The molecule has 0 atom stereocenters. The van der Waals surface area contributed by atoms with Crippen LogP contribution in [0.5, 0.6) is 0 Å². The van der Waals surface area contributed by atoms with Crippen molar-refractivity contribution in [3.05, 3.63) is 77.0 Å². The van der Waals surface area contributed by atoms with Gasteiger partial charge in [-0.2, -0.15) is 4.39 Å². The summed E-state index contributed by atoms with van der Waals surface area (Å²) in [5.74, 6) is -0.879. The highest BCUT2D eigenvalue weighted by Crippen LogP contribution is 2.45. The van der Waals surface area contributed by atoms with Gasteiger partial charge in [-0.3, -0.25) is 4.99 Å². The number of rotatable bonds is 1. The monoisotopic (exact) mass is 350 g/mol. The fourth-order valence-electron chi connectivity index (χ4n) is 3.61. The number of aromatic nitrogens is 1. The van der Waals surface area contributed by atoms with Gasteiger partial charge in [-0.05, 0) is 32.0 Å². The van der Waals surface area contributed by atoms with Crippen LogP contribution in [0.3, 0.4) is 0 Å². The zero-order valence-corrected chi connectivity index (χ0v) is 15.3. The minimum absolute atomic E-state index is 0.290. The highest BCUT2D eigenvalue weighted by Gasteiger charge is 2.45. The largest absolute Gasteiger partial charge is 0.277 e. The third-order valence-corrected chi connectivity index (χ3v) is 5.75. The number of benzene rings is 2. The minimum Gasteiger partial charge on any atom is -0.277 e. The molecule has 26 heavy (non-hydrogen) atoms. The van der Waals surface area contributed by atoms with E-state index < -0.39 is 16.9 Å². The molecule has 1 aliphatic heterocycles. The molecule has 0 saturated carbocycles. The normalized spacial score (nSPS) is 17.7. The second-order valence-corrected chi connectivity index (χ2v) is 7.83. The van der Waals surface area contributed by atoms with Crippen LogP contribution >= 0.6 is 0 Å². The van der Waals surface area contributed by atoms with Crippen LogP contribution in [-0.4, -0.2) is 16.2 Å². The average Bonchev–Trinajstić information content (AvgIpc) is 2.58. The summed E-state index contributed by atoms with van der Waals surface area (Å²) in [6.07, 6.45) is 0. The summed E-state index contributed by atoms with van der Waals surface area (Å²) >= 11 is 0. The number of pyridine rings is 1. The minimum atomic E-state index is -0.602. The lowest BCUT2D eigenvalue weighted by Crippen LogP contribution is -2.47. The van der Waals surface area contributed by atoms with Crippen molar-refractivity contribution in [3.63, 3.8) is 0 Å². The van der Waals surface area contributed by atoms with Crippen molar-refractivity contribution < 1.29 is 8.78 Å². The Morgan fingerprint density at radius 1 is 0.846 bits per heavy atom. The molecule has 4 heteroatoms. The van der Waals surface area contributed by atoms with Crippen molar-refractivity contribution in [2.45, 2.75) is 38.6 Å². The maximum Gasteiger partial charge on any atom is 0.222 e. The summed E-state index contributed by atoms with van der Waals surface area (Å²) in [5, 5.41) is 0.826. The molecule has 0 bridgehead atoms. The third-order valence-electron chi connectivity index (χ3n) is 5.75. The van der Waals surface area contributed by atoms with E-state index in [1.54, 1.807) is 18.2 Å². The lowest BCUT2D eigenvalue weighted by atomic mass is 9.65. The van der Waals surface area contributed by atoms with Gasteiger partial charge in [0.2, 0.25) is 5.95 Å². The van der Waals surface area contributed by atoms with E-state index in [4.69, 9.17) is 4.99 Å². The molecule has 0 fully saturated rings. The topological polar surface area (TPSA) is 25.2 Å². The molecule has 0 spiro atoms. The smallest absolute Gasteiger partial charge is 0.222 e. The summed E-state index contributed by atoms with van der Waals surface area (Å²) in [6, 6.07) is 14.0. The Bertz CT molecular complexity index is 1060. The first-order valence-corrected chi connectivity index (χ1v) is 8.67. The molecule has 2 heterocycles. The first-order chi connectivity index (χ1) is 12.2. The van der Waals surface area contributed by atoms with Gasteiger partial charge in [0.15, 0.2) is 0 Å². The molecule has 4 rings (SSSR count). The quantitative estimate of drug-likeness (QED) is 0.538. The third kappa shape index (κ3) is 2.28. The van der Waals surface area contributed by atoms with E-state index in [-0.39, 0.29) is 5.82 Å². The molecule has 0 saturated heterocycles. The fraction of sp³-hybridized carbons (Fsp3) is 0.273. The molecule has 1 aromatic heterocycles. The molecule has 2 aromatic carbocycles. The maximum atomic E-state index is 14.9. The van der Waals surface area contributed by atoms with Gasteiger partial charge in [-0.25, -0.2) is 9.37 Å². The van der Waals surface area contributed by atoms with Crippen molar-refractivity contribution in [1.29, 1.82) is 0 Å². The second kappa shape index (κ2) is 5.44. The van der Waals surface area contributed by atoms with Gasteiger partial charge >= 0.3 is 0 Å². The van der Waals surface area contributed by atoms with Gasteiger partial charge in [0.05, 0.1) is 22.3 Å². The fourth-order valence-corrected chi connectivity index (χ4v) is 3.61. The van der Waals surface area contributed by atoms with Crippen molar-refractivity contribution in [3.8, 4) is 0 Å². The lowest BCUT2D eigenvalue weighted by Gasteiger charge is -2.44. The first-order valence-electron chi connectivity index (χ1n) is 8.67. The van der Waals surface area contributed by atoms with Crippen molar-refractivity contribution >= 4 is 16.6 Å². The summed E-state index contributed by atoms with van der Waals surface area (Å²) in [5.41, 5.74) is 1.42. The Morgan fingerprint density at radius 2 is 1.58 bits per heavy atom. The van der Waals surface area contributed by atoms with Crippen molar-refractivity contribution in [2.24, 2.45) is 4.99 Å². The number of aliphatic imine (C=N–C) groups is 1. The van der Waals surface area contributed by atoms with E-state index in [1.807, 2.05) is 52.0 Å². The van der Waals surface area contributed by atoms with Gasteiger partial charge < -0.3 is 0 Å². The Kier molecular flexibility index (Phi) is 3.52. The molecule has 0 unspecified atom stereocenters. The molecule has 2 nitrogen and oxygen atoms in total. The van der Waals surface area contributed by atoms with Crippen LogP contribution in [0.2, 0.25) is 0 Å². The number of hydrogen-bond donors (Lipinski definition) is 0. The zero-order valence-electron chi connectivity index (χ0n) is 15.3.